The van der Waals surface area contributed by atoms with E-state index in [0.717, 1.165) is 12.3 Å². The number of rotatable bonds is 4. The van der Waals surface area contributed by atoms with Gasteiger partial charge in [0, 0.05) is 17.8 Å². The number of aliphatic carboxylic acids is 1. The Kier molecular flexibility index (Phi) is 3.93. The number of amides is 1. The first-order valence-corrected chi connectivity index (χ1v) is 4.69. The predicted molar refractivity (Wildman–Crippen MR) is 53.4 cm³/mol. The molecule has 0 saturated heterocycles. The van der Waals surface area contributed by atoms with Crippen LogP contribution in [0.25, 0.3) is 0 Å². The average Bonchev–Trinajstić information content (AvgIpc) is 2.25. The number of pyridine rings is 1. The fourth-order valence-electron chi connectivity index (χ4n) is 1.12. The highest BCUT2D eigenvalue weighted by Gasteiger charge is 2.18. The summed E-state index contributed by atoms with van der Waals surface area (Å²) in [5.41, 5.74) is 0.0483. The fraction of sp³-hybridized carbons (Fsp3) is 0.300. The maximum absolute atomic E-state index is 12.7. The SMILES string of the molecule is CC[C@@H](NC(=O)c1ccnc(F)c1)C(=O)O. The van der Waals surface area contributed by atoms with Gasteiger partial charge in [0.15, 0.2) is 0 Å². The molecule has 1 aromatic heterocycles. The molecule has 1 rings (SSSR count). The smallest absolute Gasteiger partial charge is 0.326 e. The van der Waals surface area contributed by atoms with Crippen molar-refractivity contribution in [2.24, 2.45) is 0 Å². The monoisotopic (exact) mass is 226 g/mol. The molecule has 0 aromatic carbocycles. The Morgan fingerprint density at radius 2 is 2.31 bits per heavy atom. The van der Waals surface area contributed by atoms with Gasteiger partial charge in [-0.25, -0.2) is 9.78 Å². The summed E-state index contributed by atoms with van der Waals surface area (Å²) in [6, 6.07) is 1.29. The van der Waals surface area contributed by atoms with Gasteiger partial charge in [0.2, 0.25) is 5.95 Å². The third-order valence-electron chi connectivity index (χ3n) is 2.00. The van der Waals surface area contributed by atoms with E-state index in [1.165, 1.54) is 6.07 Å². The number of carboxylic acid groups (broad SMARTS) is 1. The van der Waals surface area contributed by atoms with Gasteiger partial charge in [-0.15, -0.1) is 0 Å². The molecule has 1 heterocycles. The van der Waals surface area contributed by atoms with Gasteiger partial charge in [-0.05, 0) is 12.5 Å². The summed E-state index contributed by atoms with van der Waals surface area (Å²) in [6.45, 7) is 1.63. The molecule has 1 atom stereocenters. The molecular formula is C10H11FN2O3. The van der Waals surface area contributed by atoms with Crippen LogP contribution >= 0.6 is 0 Å². The number of aromatic nitrogens is 1. The lowest BCUT2D eigenvalue weighted by Gasteiger charge is -2.11. The minimum atomic E-state index is -1.12. The molecule has 86 valence electrons. The molecule has 16 heavy (non-hydrogen) atoms. The van der Waals surface area contributed by atoms with Crippen LogP contribution in [-0.4, -0.2) is 28.0 Å². The molecule has 0 unspecified atom stereocenters. The second-order valence-electron chi connectivity index (χ2n) is 3.14. The Morgan fingerprint density at radius 3 is 2.81 bits per heavy atom. The van der Waals surface area contributed by atoms with Gasteiger partial charge in [-0.2, -0.15) is 4.39 Å². The van der Waals surface area contributed by atoms with Crippen molar-refractivity contribution >= 4 is 11.9 Å². The largest absolute Gasteiger partial charge is 0.480 e. The second-order valence-corrected chi connectivity index (χ2v) is 3.14. The summed E-state index contributed by atoms with van der Waals surface area (Å²) in [5.74, 6) is -2.53. The molecule has 1 aromatic rings. The van der Waals surface area contributed by atoms with Crippen LogP contribution in [0.1, 0.15) is 23.7 Å². The molecule has 6 heteroatoms. The van der Waals surface area contributed by atoms with Gasteiger partial charge in [0.05, 0.1) is 0 Å². The summed E-state index contributed by atoms with van der Waals surface area (Å²) in [5, 5.41) is 11.0. The Labute approximate surface area is 91.3 Å². The van der Waals surface area contributed by atoms with Crippen molar-refractivity contribution in [3.8, 4) is 0 Å². The number of hydrogen-bond acceptors (Lipinski definition) is 3. The zero-order valence-corrected chi connectivity index (χ0v) is 8.61. The fourth-order valence-corrected chi connectivity index (χ4v) is 1.12. The van der Waals surface area contributed by atoms with E-state index in [-0.39, 0.29) is 12.0 Å². The maximum Gasteiger partial charge on any atom is 0.326 e. The minimum absolute atomic E-state index is 0.0483. The van der Waals surface area contributed by atoms with Gasteiger partial charge >= 0.3 is 5.97 Å². The normalized spacial score (nSPS) is 11.9. The quantitative estimate of drug-likeness (QED) is 0.745. The summed E-state index contributed by atoms with van der Waals surface area (Å²) < 4.78 is 12.7. The summed E-state index contributed by atoms with van der Waals surface area (Å²) >= 11 is 0. The molecule has 0 saturated carbocycles. The number of carbonyl (C=O) groups excluding carboxylic acids is 1. The average molecular weight is 226 g/mol. The highest BCUT2D eigenvalue weighted by Crippen LogP contribution is 2.01. The van der Waals surface area contributed by atoms with Crippen LogP contribution in [0.5, 0.6) is 0 Å². The van der Waals surface area contributed by atoms with Gasteiger partial charge < -0.3 is 10.4 Å². The highest BCUT2D eigenvalue weighted by molar-refractivity contribution is 5.96. The standard InChI is InChI=1S/C10H11FN2O3/c1-2-7(10(15)16)13-9(14)6-3-4-12-8(11)5-6/h3-5,7H,2H2,1H3,(H,13,14)(H,15,16)/t7-/m1/s1. The van der Waals surface area contributed by atoms with Crippen LogP contribution in [0.4, 0.5) is 4.39 Å². The van der Waals surface area contributed by atoms with Crippen molar-refractivity contribution in [3.05, 3.63) is 29.8 Å². The molecule has 0 radical (unpaired) electrons. The number of halogens is 1. The first-order valence-electron chi connectivity index (χ1n) is 4.69. The van der Waals surface area contributed by atoms with Crippen molar-refractivity contribution < 1.29 is 19.1 Å². The molecule has 2 N–H and O–H groups in total. The van der Waals surface area contributed by atoms with Crippen molar-refractivity contribution in [3.63, 3.8) is 0 Å². The lowest BCUT2D eigenvalue weighted by Crippen LogP contribution is -2.40. The molecule has 1 amide bonds. The first-order chi connectivity index (χ1) is 7.54. The molecule has 0 spiro atoms. The van der Waals surface area contributed by atoms with Crippen molar-refractivity contribution in [2.45, 2.75) is 19.4 Å². The van der Waals surface area contributed by atoms with Gasteiger partial charge in [0.1, 0.15) is 6.04 Å². The highest BCUT2D eigenvalue weighted by atomic mass is 19.1. The molecule has 0 fully saturated rings. The van der Waals surface area contributed by atoms with E-state index in [1.54, 1.807) is 6.92 Å². The van der Waals surface area contributed by atoms with E-state index in [1.807, 2.05) is 0 Å². The Balaban J connectivity index is 2.75. The lowest BCUT2D eigenvalue weighted by atomic mass is 10.2. The zero-order valence-electron chi connectivity index (χ0n) is 8.61. The number of carboxylic acids is 1. The molecular weight excluding hydrogens is 215 g/mol. The minimum Gasteiger partial charge on any atom is -0.480 e. The summed E-state index contributed by atoms with van der Waals surface area (Å²) in [4.78, 5) is 25.5. The Bertz CT molecular complexity index is 409. The first kappa shape index (κ1) is 12.1. The van der Waals surface area contributed by atoms with Crippen molar-refractivity contribution in [1.29, 1.82) is 0 Å². The molecule has 0 bridgehead atoms. The van der Waals surface area contributed by atoms with E-state index in [2.05, 4.69) is 10.3 Å². The van der Waals surface area contributed by atoms with E-state index in [4.69, 9.17) is 5.11 Å². The van der Waals surface area contributed by atoms with Gasteiger partial charge in [-0.1, -0.05) is 6.92 Å². The lowest BCUT2D eigenvalue weighted by molar-refractivity contribution is -0.139. The van der Waals surface area contributed by atoms with Crippen molar-refractivity contribution in [1.82, 2.24) is 10.3 Å². The van der Waals surface area contributed by atoms with Crippen LogP contribution in [0, 0.1) is 5.95 Å². The predicted octanol–water partition coefficient (Wildman–Crippen LogP) is 0.814. The van der Waals surface area contributed by atoms with E-state index < -0.39 is 23.9 Å². The number of nitrogens with one attached hydrogen (secondary N) is 1. The molecule has 5 nitrogen and oxygen atoms in total. The van der Waals surface area contributed by atoms with E-state index >= 15 is 0 Å². The molecule has 0 aliphatic carbocycles. The zero-order chi connectivity index (χ0) is 12.1. The van der Waals surface area contributed by atoms with Crippen LogP contribution < -0.4 is 5.32 Å². The number of nitrogens with zero attached hydrogens (tertiary/aromatic N) is 1. The topological polar surface area (TPSA) is 79.3 Å². The van der Waals surface area contributed by atoms with Crippen LogP contribution in [0.2, 0.25) is 0 Å². The summed E-state index contributed by atoms with van der Waals surface area (Å²) in [7, 11) is 0. The third kappa shape index (κ3) is 3.01. The molecule has 0 aliphatic heterocycles. The van der Waals surface area contributed by atoms with Gasteiger partial charge in [-0.3, -0.25) is 4.79 Å². The van der Waals surface area contributed by atoms with Crippen LogP contribution in [-0.2, 0) is 4.79 Å². The maximum atomic E-state index is 12.7. The summed E-state index contributed by atoms with van der Waals surface area (Å²) in [6.07, 6.45) is 1.40. The van der Waals surface area contributed by atoms with E-state index in [0.29, 0.717) is 0 Å². The number of carbonyl (C=O) groups is 2. The molecule has 0 aliphatic rings. The third-order valence-corrected chi connectivity index (χ3v) is 2.00. The van der Waals surface area contributed by atoms with Crippen LogP contribution in [0.3, 0.4) is 0 Å². The van der Waals surface area contributed by atoms with Gasteiger partial charge in [0.25, 0.3) is 5.91 Å². The Hall–Kier alpha value is -1.98. The number of hydrogen-bond donors (Lipinski definition) is 2. The van der Waals surface area contributed by atoms with Crippen LogP contribution in [0.15, 0.2) is 18.3 Å². The Morgan fingerprint density at radius 1 is 1.62 bits per heavy atom. The van der Waals surface area contributed by atoms with Crippen molar-refractivity contribution in [2.75, 3.05) is 0 Å². The van der Waals surface area contributed by atoms with E-state index in [9.17, 15) is 14.0 Å². The second kappa shape index (κ2) is 5.20.